The van der Waals surface area contributed by atoms with Gasteiger partial charge in [-0.2, -0.15) is 0 Å². The molecule has 8 heteroatoms. The van der Waals surface area contributed by atoms with E-state index in [-0.39, 0.29) is 16.1 Å². The summed E-state index contributed by atoms with van der Waals surface area (Å²) in [5.41, 5.74) is 0.763. The third-order valence-electron chi connectivity index (χ3n) is 2.30. The van der Waals surface area contributed by atoms with Gasteiger partial charge in [0.05, 0.1) is 10.4 Å². The van der Waals surface area contributed by atoms with Crippen molar-refractivity contribution in [2.45, 2.75) is 6.92 Å². The molecule has 0 aliphatic rings. The molecule has 0 aliphatic carbocycles. The van der Waals surface area contributed by atoms with Crippen LogP contribution in [0.1, 0.15) is 6.92 Å². The fourth-order valence-electron chi connectivity index (χ4n) is 1.58. The maximum atomic E-state index is 11.0. The second-order valence-corrected chi connectivity index (χ2v) is 4.15. The van der Waals surface area contributed by atoms with Crippen LogP contribution in [0.5, 0.6) is 0 Å². The second-order valence-electron chi connectivity index (χ2n) is 3.46. The molecule has 1 aromatic heterocycles. The van der Waals surface area contributed by atoms with E-state index < -0.39 is 4.92 Å². The van der Waals surface area contributed by atoms with Gasteiger partial charge in [-0.05, 0) is 24.6 Å². The van der Waals surface area contributed by atoms with Crippen LogP contribution in [0.4, 0.5) is 11.4 Å². The number of halogens is 2. The average molecular weight is 287 g/mol. The first-order chi connectivity index (χ1) is 8.52. The molecule has 2 aromatic rings. The summed E-state index contributed by atoms with van der Waals surface area (Å²) in [4.78, 5) is 18.2. The molecule has 0 saturated carbocycles. The van der Waals surface area contributed by atoms with Crippen molar-refractivity contribution in [3.05, 3.63) is 32.7 Å². The number of nitrogens with zero attached hydrogens (tertiary/aromatic N) is 3. The lowest BCUT2D eigenvalue weighted by atomic mass is 10.2. The summed E-state index contributed by atoms with van der Waals surface area (Å²) in [6.45, 7) is 2.40. The third-order valence-corrected chi connectivity index (χ3v) is 2.76. The first kappa shape index (κ1) is 12.8. The molecule has 0 saturated heterocycles. The fourth-order valence-corrected chi connectivity index (χ4v) is 2.03. The van der Waals surface area contributed by atoms with E-state index in [1.54, 1.807) is 0 Å². The van der Waals surface area contributed by atoms with Crippen molar-refractivity contribution in [3.8, 4) is 0 Å². The topological polar surface area (TPSA) is 81.0 Å². The number of rotatable bonds is 3. The van der Waals surface area contributed by atoms with Crippen LogP contribution in [-0.2, 0) is 0 Å². The predicted molar refractivity (Wildman–Crippen MR) is 70.4 cm³/mol. The molecule has 18 heavy (non-hydrogen) atoms. The molecule has 1 heterocycles. The minimum absolute atomic E-state index is 0.00352. The molecule has 94 valence electrons. The molecule has 0 fully saturated rings. The molecule has 0 atom stereocenters. The van der Waals surface area contributed by atoms with Crippen molar-refractivity contribution in [1.82, 2.24) is 9.97 Å². The van der Waals surface area contributed by atoms with Crippen molar-refractivity contribution in [3.63, 3.8) is 0 Å². The van der Waals surface area contributed by atoms with Crippen molar-refractivity contribution >= 4 is 45.5 Å². The average Bonchev–Trinajstić information content (AvgIpc) is 2.27. The number of aromatic nitrogens is 2. The molecule has 0 spiro atoms. The van der Waals surface area contributed by atoms with Crippen LogP contribution in [-0.4, -0.2) is 21.4 Å². The van der Waals surface area contributed by atoms with Gasteiger partial charge in [0.25, 0.3) is 5.69 Å². The third kappa shape index (κ3) is 2.30. The summed E-state index contributed by atoms with van der Waals surface area (Å²) in [6.07, 6.45) is 0. The fraction of sp³-hybridized carbons (Fsp3) is 0.200. The van der Waals surface area contributed by atoms with Crippen LogP contribution < -0.4 is 5.32 Å². The van der Waals surface area contributed by atoms with Crippen LogP contribution >= 0.6 is 23.2 Å². The van der Waals surface area contributed by atoms with Gasteiger partial charge in [-0.1, -0.05) is 11.6 Å². The number of nitrogens with one attached hydrogen (secondary N) is 1. The molecule has 1 aromatic carbocycles. The minimum atomic E-state index is -0.484. The SMILES string of the molecule is CCNc1cc2nc(Cl)nc(Cl)c2cc1[N+](=O)[O-]. The van der Waals surface area contributed by atoms with Gasteiger partial charge in [-0.25, -0.2) is 9.97 Å². The maximum absolute atomic E-state index is 11.0. The summed E-state index contributed by atoms with van der Waals surface area (Å²) in [6, 6.07) is 2.88. The Hall–Kier alpha value is -1.66. The summed E-state index contributed by atoms with van der Waals surface area (Å²) in [5.74, 6) is 0. The molecule has 0 radical (unpaired) electrons. The molecule has 0 aliphatic heterocycles. The van der Waals surface area contributed by atoms with Gasteiger partial charge >= 0.3 is 0 Å². The van der Waals surface area contributed by atoms with Crippen molar-refractivity contribution in [2.75, 3.05) is 11.9 Å². The van der Waals surface area contributed by atoms with Crippen molar-refractivity contribution < 1.29 is 4.92 Å². The molecule has 6 nitrogen and oxygen atoms in total. The van der Waals surface area contributed by atoms with Gasteiger partial charge in [0.1, 0.15) is 10.8 Å². The highest BCUT2D eigenvalue weighted by atomic mass is 35.5. The van der Waals surface area contributed by atoms with Crippen LogP contribution in [0.2, 0.25) is 10.4 Å². The van der Waals surface area contributed by atoms with E-state index >= 15 is 0 Å². The number of hydrogen-bond donors (Lipinski definition) is 1. The number of fused-ring (bicyclic) bond motifs is 1. The smallest absolute Gasteiger partial charge is 0.293 e. The van der Waals surface area contributed by atoms with Gasteiger partial charge in [0.2, 0.25) is 5.28 Å². The predicted octanol–water partition coefficient (Wildman–Crippen LogP) is 3.28. The van der Waals surface area contributed by atoms with E-state index in [0.29, 0.717) is 23.1 Å². The Kier molecular flexibility index (Phi) is 3.49. The Labute approximate surface area is 112 Å². The van der Waals surface area contributed by atoms with Crippen LogP contribution in [0, 0.1) is 10.1 Å². The quantitative estimate of drug-likeness (QED) is 0.405. The van der Waals surface area contributed by atoms with E-state index in [1.165, 1.54) is 12.1 Å². The zero-order valence-electron chi connectivity index (χ0n) is 9.28. The van der Waals surface area contributed by atoms with Crippen molar-refractivity contribution in [1.29, 1.82) is 0 Å². The number of anilines is 1. The van der Waals surface area contributed by atoms with E-state index in [9.17, 15) is 10.1 Å². The summed E-state index contributed by atoms with van der Waals surface area (Å²) in [5, 5.41) is 14.4. The second kappa shape index (κ2) is 4.91. The molecular weight excluding hydrogens is 279 g/mol. The van der Waals surface area contributed by atoms with E-state index in [4.69, 9.17) is 23.2 Å². The lowest BCUT2D eigenvalue weighted by molar-refractivity contribution is -0.383. The largest absolute Gasteiger partial charge is 0.380 e. The van der Waals surface area contributed by atoms with E-state index in [2.05, 4.69) is 15.3 Å². The van der Waals surface area contributed by atoms with E-state index in [1.807, 2.05) is 6.92 Å². The minimum Gasteiger partial charge on any atom is -0.380 e. The monoisotopic (exact) mass is 286 g/mol. The van der Waals surface area contributed by atoms with Gasteiger partial charge < -0.3 is 5.32 Å². The van der Waals surface area contributed by atoms with E-state index in [0.717, 1.165) is 0 Å². The van der Waals surface area contributed by atoms with Gasteiger partial charge in [-0.3, -0.25) is 10.1 Å². The Morgan fingerprint density at radius 3 is 2.72 bits per heavy atom. The lowest BCUT2D eigenvalue weighted by Gasteiger charge is -2.07. The Morgan fingerprint density at radius 1 is 1.39 bits per heavy atom. The van der Waals surface area contributed by atoms with Gasteiger partial charge in [-0.15, -0.1) is 0 Å². The maximum Gasteiger partial charge on any atom is 0.293 e. The first-order valence-corrected chi connectivity index (χ1v) is 5.83. The molecular formula is C10H8Cl2N4O2. The van der Waals surface area contributed by atoms with Gasteiger partial charge in [0.15, 0.2) is 0 Å². The molecule has 0 amide bonds. The molecule has 0 unspecified atom stereocenters. The number of benzene rings is 1. The van der Waals surface area contributed by atoms with Crippen LogP contribution in [0.15, 0.2) is 12.1 Å². The standard InChI is InChI=1S/C10H8Cl2N4O2/c1-2-13-7-4-6-5(3-8(7)16(17)18)9(11)15-10(12)14-6/h3-4,13H,2H2,1H3. The molecule has 1 N–H and O–H groups in total. The number of nitro benzene ring substituents is 1. The van der Waals surface area contributed by atoms with Gasteiger partial charge in [0, 0.05) is 18.0 Å². The molecule has 0 bridgehead atoms. The highest BCUT2D eigenvalue weighted by Crippen LogP contribution is 2.32. The first-order valence-electron chi connectivity index (χ1n) is 5.08. The highest BCUT2D eigenvalue weighted by molar-refractivity contribution is 6.35. The summed E-state index contributed by atoms with van der Waals surface area (Å²) >= 11 is 11.6. The van der Waals surface area contributed by atoms with Crippen LogP contribution in [0.3, 0.4) is 0 Å². The normalized spacial score (nSPS) is 10.6. The zero-order chi connectivity index (χ0) is 13.3. The van der Waals surface area contributed by atoms with Crippen LogP contribution in [0.25, 0.3) is 10.9 Å². The summed E-state index contributed by atoms with van der Waals surface area (Å²) < 4.78 is 0. The molecule has 2 rings (SSSR count). The van der Waals surface area contributed by atoms with Crippen molar-refractivity contribution in [2.24, 2.45) is 0 Å². The Morgan fingerprint density at radius 2 is 2.11 bits per heavy atom. The Balaban J connectivity index is 2.76. The lowest BCUT2D eigenvalue weighted by Crippen LogP contribution is -2.02. The Bertz CT molecular complexity index is 633. The summed E-state index contributed by atoms with van der Waals surface area (Å²) in [7, 11) is 0. The zero-order valence-corrected chi connectivity index (χ0v) is 10.8. The highest BCUT2D eigenvalue weighted by Gasteiger charge is 2.17. The number of hydrogen-bond acceptors (Lipinski definition) is 5. The number of nitro groups is 1.